The van der Waals surface area contributed by atoms with Gasteiger partial charge in [-0.2, -0.15) is 0 Å². The third-order valence-electron chi connectivity index (χ3n) is 2.16. The highest BCUT2D eigenvalue weighted by molar-refractivity contribution is 5.36. The molecule has 1 aromatic heterocycles. The molecule has 7 nitrogen and oxygen atoms in total. The predicted octanol–water partition coefficient (Wildman–Crippen LogP) is -0.809. The van der Waals surface area contributed by atoms with Gasteiger partial charge in [-0.1, -0.05) is 0 Å². The number of benzene rings is 1. The molecule has 17 heavy (non-hydrogen) atoms. The zero-order valence-electron chi connectivity index (χ0n) is 8.97. The number of rotatable bonds is 4. The molecule has 0 bridgehead atoms. The summed E-state index contributed by atoms with van der Waals surface area (Å²) in [5.74, 6) is 0.638. The molecular formula is C10H12N4O3. The maximum Gasteiger partial charge on any atom is 0.348 e. The van der Waals surface area contributed by atoms with Crippen LogP contribution in [0.4, 0.5) is 0 Å². The number of nitrogens with one attached hydrogen (secondary N) is 2. The molecule has 0 radical (unpaired) electrons. The lowest BCUT2D eigenvalue weighted by Crippen LogP contribution is -2.24. The van der Waals surface area contributed by atoms with E-state index in [1.807, 2.05) is 0 Å². The number of nitrogens with zero attached hydrogens (tertiary/aromatic N) is 1. The summed E-state index contributed by atoms with van der Waals surface area (Å²) in [6.45, 7) is 0.850. The molecule has 2 rings (SSSR count). The van der Waals surface area contributed by atoms with Crippen molar-refractivity contribution in [2.45, 2.75) is 0 Å². The molecule has 0 atom stereocenters. The molecule has 0 fully saturated rings. The standard InChI is InChI=1S/C10H12N4O3/c11-5-6-17-8-3-1-7(2-4-8)14-9(15)12-13-10(14)16/h1-4H,5-6,11H2,(H,12,15)(H,13,16). The maximum atomic E-state index is 11.3. The van der Waals surface area contributed by atoms with Crippen LogP contribution >= 0.6 is 0 Å². The lowest BCUT2D eigenvalue weighted by Gasteiger charge is -2.05. The van der Waals surface area contributed by atoms with Crippen molar-refractivity contribution in [2.75, 3.05) is 13.2 Å². The molecule has 0 unspecified atom stereocenters. The minimum absolute atomic E-state index is 0.421. The fraction of sp³-hybridized carbons (Fsp3) is 0.200. The van der Waals surface area contributed by atoms with E-state index in [2.05, 4.69) is 10.2 Å². The Kier molecular flexibility index (Phi) is 3.10. The van der Waals surface area contributed by atoms with E-state index in [-0.39, 0.29) is 0 Å². The molecule has 4 N–H and O–H groups in total. The number of aromatic amines is 2. The van der Waals surface area contributed by atoms with Gasteiger partial charge in [-0.25, -0.2) is 24.4 Å². The number of nitrogens with two attached hydrogens (primary N) is 1. The van der Waals surface area contributed by atoms with Gasteiger partial charge in [-0.05, 0) is 24.3 Å². The van der Waals surface area contributed by atoms with E-state index >= 15 is 0 Å². The summed E-state index contributed by atoms with van der Waals surface area (Å²) >= 11 is 0. The second-order valence-corrected chi connectivity index (χ2v) is 3.33. The van der Waals surface area contributed by atoms with Crippen LogP contribution < -0.4 is 21.9 Å². The normalized spacial score (nSPS) is 10.4. The van der Waals surface area contributed by atoms with Crippen molar-refractivity contribution in [1.82, 2.24) is 14.8 Å². The number of aromatic nitrogens is 3. The summed E-state index contributed by atoms with van der Waals surface area (Å²) in [5.41, 5.74) is 4.76. The van der Waals surface area contributed by atoms with Crippen LogP contribution in [0.3, 0.4) is 0 Å². The summed E-state index contributed by atoms with van der Waals surface area (Å²) in [4.78, 5) is 22.7. The summed E-state index contributed by atoms with van der Waals surface area (Å²) in [5, 5.41) is 4.41. The Morgan fingerprint density at radius 2 is 1.71 bits per heavy atom. The Bertz CT molecular complexity index is 566. The van der Waals surface area contributed by atoms with Crippen molar-refractivity contribution in [3.8, 4) is 11.4 Å². The minimum atomic E-state index is -0.509. The van der Waals surface area contributed by atoms with Crippen LogP contribution in [0.5, 0.6) is 5.75 Å². The predicted molar refractivity (Wildman–Crippen MR) is 61.6 cm³/mol. The number of H-pyrrole nitrogens is 2. The van der Waals surface area contributed by atoms with Crippen LogP contribution in [0.25, 0.3) is 5.69 Å². The van der Waals surface area contributed by atoms with Crippen LogP contribution in [0.2, 0.25) is 0 Å². The molecule has 0 saturated carbocycles. The molecule has 0 amide bonds. The molecule has 1 heterocycles. The van der Waals surface area contributed by atoms with Gasteiger partial charge in [0, 0.05) is 6.54 Å². The minimum Gasteiger partial charge on any atom is -0.492 e. The lowest BCUT2D eigenvalue weighted by molar-refractivity contribution is 0.328. The highest BCUT2D eigenvalue weighted by Crippen LogP contribution is 2.12. The molecular weight excluding hydrogens is 224 g/mol. The number of ether oxygens (including phenoxy) is 1. The van der Waals surface area contributed by atoms with Gasteiger partial charge >= 0.3 is 11.4 Å². The van der Waals surface area contributed by atoms with Crippen LogP contribution in [-0.2, 0) is 0 Å². The van der Waals surface area contributed by atoms with Gasteiger partial charge in [0.1, 0.15) is 12.4 Å². The summed E-state index contributed by atoms with van der Waals surface area (Å²) < 4.78 is 6.27. The largest absolute Gasteiger partial charge is 0.492 e. The van der Waals surface area contributed by atoms with E-state index in [0.29, 0.717) is 24.6 Å². The van der Waals surface area contributed by atoms with Crippen molar-refractivity contribution in [3.63, 3.8) is 0 Å². The second-order valence-electron chi connectivity index (χ2n) is 3.33. The zero-order chi connectivity index (χ0) is 12.3. The molecule has 1 aromatic carbocycles. The number of hydrogen-bond donors (Lipinski definition) is 3. The molecule has 0 spiro atoms. The monoisotopic (exact) mass is 236 g/mol. The molecule has 0 saturated heterocycles. The van der Waals surface area contributed by atoms with Crippen molar-refractivity contribution in [3.05, 3.63) is 45.2 Å². The average molecular weight is 236 g/mol. The van der Waals surface area contributed by atoms with Gasteiger partial charge < -0.3 is 10.5 Å². The van der Waals surface area contributed by atoms with Crippen molar-refractivity contribution < 1.29 is 4.74 Å². The van der Waals surface area contributed by atoms with E-state index in [0.717, 1.165) is 4.57 Å². The third kappa shape index (κ3) is 2.28. The van der Waals surface area contributed by atoms with Crippen LogP contribution in [-0.4, -0.2) is 27.9 Å². The van der Waals surface area contributed by atoms with Gasteiger partial charge in [-0.3, -0.25) is 0 Å². The molecule has 0 aliphatic heterocycles. The zero-order valence-corrected chi connectivity index (χ0v) is 8.97. The van der Waals surface area contributed by atoms with E-state index in [1.165, 1.54) is 0 Å². The van der Waals surface area contributed by atoms with Crippen molar-refractivity contribution in [2.24, 2.45) is 5.73 Å². The van der Waals surface area contributed by atoms with E-state index in [9.17, 15) is 9.59 Å². The lowest BCUT2D eigenvalue weighted by atomic mass is 10.3. The molecule has 90 valence electrons. The maximum absolute atomic E-state index is 11.3. The van der Waals surface area contributed by atoms with Gasteiger partial charge in [0.05, 0.1) is 5.69 Å². The first-order valence-electron chi connectivity index (χ1n) is 5.05. The molecule has 0 aliphatic carbocycles. The molecule has 7 heteroatoms. The Morgan fingerprint density at radius 1 is 1.12 bits per heavy atom. The second kappa shape index (κ2) is 4.71. The fourth-order valence-electron chi connectivity index (χ4n) is 1.41. The Hall–Kier alpha value is -2.28. The molecule has 2 aromatic rings. The van der Waals surface area contributed by atoms with Gasteiger partial charge in [-0.15, -0.1) is 0 Å². The Labute approximate surface area is 95.8 Å². The molecule has 0 aliphatic rings. The van der Waals surface area contributed by atoms with E-state index in [1.54, 1.807) is 24.3 Å². The van der Waals surface area contributed by atoms with Crippen molar-refractivity contribution in [1.29, 1.82) is 0 Å². The average Bonchev–Trinajstić information content (AvgIpc) is 2.67. The summed E-state index contributed by atoms with van der Waals surface area (Å²) in [7, 11) is 0. The topological polar surface area (TPSA) is 106 Å². The van der Waals surface area contributed by atoms with E-state index < -0.39 is 11.4 Å². The fourth-order valence-corrected chi connectivity index (χ4v) is 1.41. The van der Waals surface area contributed by atoms with Gasteiger partial charge in [0.2, 0.25) is 0 Å². The summed E-state index contributed by atoms with van der Waals surface area (Å²) in [6, 6.07) is 6.58. The number of hydrogen-bond acceptors (Lipinski definition) is 4. The smallest absolute Gasteiger partial charge is 0.348 e. The van der Waals surface area contributed by atoms with Crippen LogP contribution in [0, 0.1) is 0 Å². The van der Waals surface area contributed by atoms with Crippen LogP contribution in [0.15, 0.2) is 33.9 Å². The highest BCUT2D eigenvalue weighted by atomic mass is 16.5. The quantitative estimate of drug-likeness (QED) is 0.645. The first-order valence-corrected chi connectivity index (χ1v) is 5.05. The third-order valence-corrected chi connectivity index (χ3v) is 2.16. The Balaban J connectivity index is 2.30. The Morgan fingerprint density at radius 3 is 2.24 bits per heavy atom. The van der Waals surface area contributed by atoms with Crippen molar-refractivity contribution >= 4 is 0 Å². The van der Waals surface area contributed by atoms with Crippen LogP contribution in [0.1, 0.15) is 0 Å². The SMILES string of the molecule is NCCOc1ccc(-n2c(=O)[nH][nH]c2=O)cc1. The first-order chi connectivity index (χ1) is 8.22. The highest BCUT2D eigenvalue weighted by Gasteiger charge is 2.05. The first kappa shape index (κ1) is 11.2. The van der Waals surface area contributed by atoms with E-state index in [4.69, 9.17) is 10.5 Å². The summed E-state index contributed by atoms with van der Waals surface area (Å²) in [6.07, 6.45) is 0. The van der Waals surface area contributed by atoms with Gasteiger partial charge in [0.15, 0.2) is 0 Å². The van der Waals surface area contributed by atoms with Gasteiger partial charge in [0.25, 0.3) is 0 Å².